The third-order valence-corrected chi connectivity index (χ3v) is 10.4. The Kier molecular flexibility index (Phi) is 7.29. The zero-order chi connectivity index (χ0) is 34.5. The van der Waals surface area contributed by atoms with Gasteiger partial charge in [-0.25, -0.2) is 0 Å². The first-order valence-electron chi connectivity index (χ1n) is 17.4. The van der Waals surface area contributed by atoms with Crippen molar-refractivity contribution < 1.29 is 0 Å². The molecule has 8 aromatic rings. The summed E-state index contributed by atoms with van der Waals surface area (Å²) in [5.74, 6) is 0. The number of fused-ring (bicyclic) bond motifs is 6. The molecule has 0 radical (unpaired) electrons. The molecule has 0 fully saturated rings. The second-order valence-electron chi connectivity index (χ2n) is 13.9. The molecule has 3 heteroatoms. The van der Waals surface area contributed by atoms with Crippen molar-refractivity contribution >= 4 is 49.9 Å². The van der Waals surface area contributed by atoms with Gasteiger partial charge in [0.1, 0.15) is 0 Å². The van der Waals surface area contributed by atoms with Crippen molar-refractivity contribution in [1.29, 1.82) is 5.41 Å². The zero-order valence-electron chi connectivity index (χ0n) is 28.6. The van der Waals surface area contributed by atoms with Crippen LogP contribution in [0.2, 0.25) is 0 Å². The van der Waals surface area contributed by atoms with Crippen molar-refractivity contribution in [2.45, 2.75) is 19.3 Å². The van der Waals surface area contributed by atoms with E-state index < -0.39 is 0 Å². The summed E-state index contributed by atoms with van der Waals surface area (Å²) in [4.78, 5) is 9.44. The average molecular weight is 654 g/mol. The molecule has 0 unspecified atom stereocenters. The topological polar surface area (TPSA) is 49.1 Å². The molecular formula is C48H35N3. The monoisotopic (exact) mass is 653 g/mol. The van der Waals surface area contributed by atoms with E-state index in [2.05, 4.69) is 128 Å². The minimum atomic E-state index is -0.162. The first kappa shape index (κ1) is 30.6. The SMILES string of the molecule is CC1(C)c2cc3ccccc3cc2-c2cccc(-c3ccc(C=N/C(=C\C(=N)c4ccccc4)c4ccc5ccncc5c4)c4ccccc34)c21. The zero-order valence-corrected chi connectivity index (χ0v) is 28.6. The van der Waals surface area contributed by atoms with Gasteiger partial charge in [-0.3, -0.25) is 9.98 Å². The minimum absolute atomic E-state index is 0.162. The lowest BCUT2D eigenvalue weighted by Gasteiger charge is -2.25. The summed E-state index contributed by atoms with van der Waals surface area (Å²) in [5, 5.41) is 15.9. The van der Waals surface area contributed by atoms with Crippen LogP contribution < -0.4 is 0 Å². The Bertz CT molecular complexity index is 2730. The Labute approximate surface area is 297 Å². The number of rotatable bonds is 6. The van der Waals surface area contributed by atoms with E-state index >= 15 is 0 Å². The van der Waals surface area contributed by atoms with E-state index in [0.717, 1.165) is 38.5 Å². The Morgan fingerprint density at radius 3 is 2.14 bits per heavy atom. The summed E-state index contributed by atoms with van der Waals surface area (Å²) in [5.41, 5.74) is 11.6. The van der Waals surface area contributed by atoms with Crippen molar-refractivity contribution in [1.82, 2.24) is 4.98 Å². The Balaban J connectivity index is 1.16. The maximum atomic E-state index is 8.93. The van der Waals surface area contributed by atoms with Gasteiger partial charge in [0.2, 0.25) is 0 Å². The molecule has 0 spiro atoms. The standard InChI is InChI=1S/C48H35N3/c1-48(2)44-27-34-14-7-6-13-33(34)26-43(44)42-18-10-17-41(47(42)48)40-22-21-36(38-15-8-9-16-39(38)40)30-51-46(28-45(49)32-11-4-3-5-12-32)35-20-19-31-23-24-50-29-37(31)25-35/h3-30,49H,1-2H3/b46-28-,49-45?,51-30?. The van der Waals surface area contributed by atoms with Crippen LogP contribution in [-0.2, 0) is 5.41 Å². The maximum absolute atomic E-state index is 8.93. The Morgan fingerprint density at radius 2 is 1.31 bits per heavy atom. The first-order chi connectivity index (χ1) is 25.0. The number of hydrogen-bond donors (Lipinski definition) is 1. The van der Waals surface area contributed by atoms with Gasteiger partial charge in [-0.05, 0) is 96.2 Å². The maximum Gasteiger partial charge on any atom is 0.0723 e. The molecule has 9 rings (SSSR count). The predicted molar refractivity (Wildman–Crippen MR) is 215 cm³/mol. The van der Waals surface area contributed by atoms with Crippen LogP contribution in [0.4, 0.5) is 0 Å². The number of nitrogens with one attached hydrogen (secondary N) is 1. The summed E-state index contributed by atoms with van der Waals surface area (Å²) < 4.78 is 0. The van der Waals surface area contributed by atoms with Crippen LogP contribution in [0.1, 0.15) is 41.7 Å². The van der Waals surface area contributed by atoms with Crippen molar-refractivity contribution in [3.63, 3.8) is 0 Å². The van der Waals surface area contributed by atoms with Crippen LogP contribution in [0.15, 0.2) is 169 Å². The number of aromatic nitrogens is 1. The predicted octanol–water partition coefficient (Wildman–Crippen LogP) is 12.0. The third kappa shape index (κ3) is 5.26. The van der Waals surface area contributed by atoms with E-state index in [1.165, 1.54) is 49.5 Å². The summed E-state index contributed by atoms with van der Waals surface area (Å²) in [6, 6.07) is 51.4. The van der Waals surface area contributed by atoms with E-state index in [1.807, 2.05) is 61.1 Å². The number of pyridine rings is 1. The first-order valence-corrected chi connectivity index (χ1v) is 17.4. The fourth-order valence-electron chi connectivity index (χ4n) is 7.88. The fourth-order valence-corrected chi connectivity index (χ4v) is 7.88. The lowest BCUT2D eigenvalue weighted by molar-refractivity contribution is 0.663. The summed E-state index contributed by atoms with van der Waals surface area (Å²) in [6.07, 6.45) is 7.49. The highest BCUT2D eigenvalue weighted by Crippen LogP contribution is 2.53. The molecule has 1 aliphatic rings. The molecule has 0 amide bonds. The molecule has 0 bridgehead atoms. The molecule has 242 valence electrons. The van der Waals surface area contributed by atoms with Crippen LogP contribution >= 0.6 is 0 Å². The molecule has 0 saturated carbocycles. The van der Waals surface area contributed by atoms with E-state index in [0.29, 0.717) is 5.71 Å². The molecule has 0 atom stereocenters. The molecule has 7 aromatic carbocycles. The highest BCUT2D eigenvalue weighted by molar-refractivity contribution is 6.12. The van der Waals surface area contributed by atoms with Crippen molar-refractivity contribution in [2.75, 3.05) is 0 Å². The molecule has 3 nitrogen and oxygen atoms in total. The third-order valence-electron chi connectivity index (χ3n) is 10.4. The normalized spacial score (nSPS) is 13.6. The van der Waals surface area contributed by atoms with E-state index in [-0.39, 0.29) is 5.41 Å². The van der Waals surface area contributed by atoms with Crippen molar-refractivity contribution in [3.8, 4) is 22.3 Å². The number of benzene rings is 7. The molecule has 1 aromatic heterocycles. The lowest BCUT2D eigenvalue weighted by Crippen LogP contribution is -2.16. The Hall–Kier alpha value is -6.45. The highest BCUT2D eigenvalue weighted by Gasteiger charge is 2.38. The van der Waals surface area contributed by atoms with Crippen molar-refractivity contribution in [2.24, 2.45) is 4.99 Å². The molecule has 0 saturated heterocycles. The van der Waals surface area contributed by atoms with E-state index in [4.69, 9.17) is 10.4 Å². The van der Waals surface area contributed by atoms with Crippen LogP contribution in [0.25, 0.3) is 60.3 Å². The van der Waals surface area contributed by atoms with Gasteiger partial charge < -0.3 is 5.41 Å². The van der Waals surface area contributed by atoms with Crippen LogP contribution in [0.3, 0.4) is 0 Å². The van der Waals surface area contributed by atoms with Gasteiger partial charge in [0.15, 0.2) is 0 Å². The number of aliphatic imine (C=N–C) groups is 1. The molecule has 1 heterocycles. The average Bonchev–Trinajstić information content (AvgIpc) is 3.40. The van der Waals surface area contributed by atoms with Gasteiger partial charge in [0.05, 0.1) is 11.4 Å². The summed E-state index contributed by atoms with van der Waals surface area (Å²) >= 11 is 0. The van der Waals surface area contributed by atoms with Crippen LogP contribution in [0.5, 0.6) is 0 Å². The smallest absolute Gasteiger partial charge is 0.0723 e. The highest BCUT2D eigenvalue weighted by atomic mass is 14.7. The fraction of sp³-hybridized carbons (Fsp3) is 0.0625. The van der Waals surface area contributed by atoms with Crippen molar-refractivity contribution in [3.05, 3.63) is 192 Å². The van der Waals surface area contributed by atoms with Gasteiger partial charge in [-0.1, -0.05) is 135 Å². The number of hydrogen-bond acceptors (Lipinski definition) is 3. The van der Waals surface area contributed by atoms with Crippen LogP contribution in [0, 0.1) is 5.41 Å². The van der Waals surface area contributed by atoms with Crippen LogP contribution in [-0.4, -0.2) is 16.9 Å². The van der Waals surface area contributed by atoms with Gasteiger partial charge in [0.25, 0.3) is 0 Å². The number of nitrogens with zero attached hydrogens (tertiary/aromatic N) is 2. The van der Waals surface area contributed by atoms with Gasteiger partial charge >= 0.3 is 0 Å². The van der Waals surface area contributed by atoms with E-state index in [1.54, 1.807) is 0 Å². The molecule has 51 heavy (non-hydrogen) atoms. The second kappa shape index (κ2) is 12.2. The second-order valence-corrected chi connectivity index (χ2v) is 13.9. The lowest BCUT2D eigenvalue weighted by atomic mass is 9.78. The molecule has 1 aliphatic carbocycles. The van der Waals surface area contributed by atoms with E-state index in [9.17, 15) is 0 Å². The quantitative estimate of drug-likeness (QED) is 0.178. The minimum Gasteiger partial charge on any atom is -0.300 e. The summed E-state index contributed by atoms with van der Waals surface area (Å²) in [7, 11) is 0. The van der Waals surface area contributed by atoms with Gasteiger partial charge in [-0.2, -0.15) is 0 Å². The molecular weight excluding hydrogens is 619 g/mol. The number of allylic oxidation sites excluding steroid dienone is 1. The Morgan fingerprint density at radius 1 is 0.588 bits per heavy atom. The molecule has 1 N–H and O–H groups in total. The van der Waals surface area contributed by atoms with Gasteiger partial charge in [0, 0.05) is 40.5 Å². The largest absolute Gasteiger partial charge is 0.300 e. The summed E-state index contributed by atoms with van der Waals surface area (Å²) in [6.45, 7) is 4.73. The van der Waals surface area contributed by atoms with Gasteiger partial charge in [-0.15, -0.1) is 0 Å². The molecule has 0 aliphatic heterocycles.